The highest BCUT2D eigenvalue weighted by Gasteiger charge is 2.24. The molecule has 1 aromatic rings. The van der Waals surface area contributed by atoms with Crippen LogP contribution in [0.2, 0.25) is 0 Å². The highest BCUT2D eigenvalue weighted by atomic mass is 16.5. The minimum atomic E-state index is 0.199. The van der Waals surface area contributed by atoms with E-state index in [0.717, 1.165) is 29.7 Å². The van der Waals surface area contributed by atoms with Crippen LogP contribution in [0.4, 0.5) is 0 Å². The summed E-state index contributed by atoms with van der Waals surface area (Å²) in [6.07, 6.45) is 3.29. The van der Waals surface area contributed by atoms with Crippen molar-refractivity contribution in [3.05, 3.63) is 29.3 Å². The number of benzene rings is 1. The lowest BCUT2D eigenvalue weighted by Gasteiger charge is -2.24. The van der Waals surface area contributed by atoms with E-state index in [1.54, 1.807) is 7.11 Å². The van der Waals surface area contributed by atoms with Gasteiger partial charge in [-0.25, -0.2) is 0 Å². The molecule has 0 aromatic heterocycles. The molecule has 0 aliphatic heterocycles. The SMILES string of the molecule is COc1ccc(CNC(=O)C2CCC2)cc1C. The van der Waals surface area contributed by atoms with Crippen LogP contribution in [-0.4, -0.2) is 13.0 Å². The van der Waals surface area contributed by atoms with Gasteiger partial charge in [0.15, 0.2) is 0 Å². The number of hydrogen-bond acceptors (Lipinski definition) is 2. The van der Waals surface area contributed by atoms with E-state index < -0.39 is 0 Å². The molecule has 1 amide bonds. The van der Waals surface area contributed by atoms with Crippen molar-refractivity contribution in [1.29, 1.82) is 0 Å². The monoisotopic (exact) mass is 233 g/mol. The molecular weight excluding hydrogens is 214 g/mol. The van der Waals surface area contributed by atoms with Gasteiger partial charge in [-0.15, -0.1) is 0 Å². The lowest BCUT2D eigenvalue weighted by Crippen LogP contribution is -2.33. The maximum Gasteiger partial charge on any atom is 0.223 e. The Kier molecular flexibility index (Phi) is 3.67. The van der Waals surface area contributed by atoms with E-state index in [0.29, 0.717) is 6.54 Å². The number of rotatable bonds is 4. The first-order valence-electron chi connectivity index (χ1n) is 6.12. The summed E-state index contributed by atoms with van der Waals surface area (Å²) in [5.41, 5.74) is 2.22. The molecule has 1 saturated carbocycles. The molecule has 17 heavy (non-hydrogen) atoms. The molecule has 0 unspecified atom stereocenters. The van der Waals surface area contributed by atoms with Gasteiger partial charge in [0, 0.05) is 12.5 Å². The predicted octanol–water partition coefficient (Wildman–Crippen LogP) is 2.42. The van der Waals surface area contributed by atoms with Gasteiger partial charge in [0.05, 0.1) is 7.11 Å². The fraction of sp³-hybridized carbons (Fsp3) is 0.500. The molecule has 3 heteroatoms. The van der Waals surface area contributed by atoms with Crippen molar-refractivity contribution in [2.45, 2.75) is 32.7 Å². The molecule has 0 atom stereocenters. The molecule has 0 spiro atoms. The number of ether oxygens (including phenoxy) is 1. The molecule has 0 radical (unpaired) electrons. The smallest absolute Gasteiger partial charge is 0.223 e. The van der Waals surface area contributed by atoms with Crippen molar-refractivity contribution < 1.29 is 9.53 Å². The highest BCUT2D eigenvalue weighted by molar-refractivity contribution is 5.79. The molecule has 0 bridgehead atoms. The third kappa shape index (κ3) is 2.78. The minimum Gasteiger partial charge on any atom is -0.496 e. The van der Waals surface area contributed by atoms with Crippen LogP contribution in [-0.2, 0) is 11.3 Å². The average molecular weight is 233 g/mol. The van der Waals surface area contributed by atoms with E-state index in [1.807, 2.05) is 19.1 Å². The summed E-state index contributed by atoms with van der Waals surface area (Å²) in [5.74, 6) is 1.35. The number of hydrogen-bond donors (Lipinski definition) is 1. The number of methoxy groups -OCH3 is 1. The second-order valence-corrected chi connectivity index (χ2v) is 4.65. The Labute approximate surface area is 102 Å². The van der Waals surface area contributed by atoms with Gasteiger partial charge in [0.1, 0.15) is 5.75 Å². The fourth-order valence-electron chi connectivity index (χ4n) is 2.05. The fourth-order valence-corrected chi connectivity index (χ4v) is 2.05. The summed E-state index contributed by atoms with van der Waals surface area (Å²) < 4.78 is 5.20. The van der Waals surface area contributed by atoms with Crippen molar-refractivity contribution in [1.82, 2.24) is 5.32 Å². The van der Waals surface area contributed by atoms with Gasteiger partial charge in [-0.3, -0.25) is 4.79 Å². The van der Waals surface area contributed by atoms with Gasteiger partial charge in [0.25, 0.3) is 0 Å². The van der Waals surface area contributed by atoms with E-state index in [9.17, 15) is 4.79 Å². The molecule has 2 rings (SSSR count). The number of carbonyl (C=O) groups is 1. The molecule has 1 N–H and O–H groups in total. The molecule has 1 aromatic carbocycles. The van der Waals surface area contributed by atoms with Gasteiger partial charge in [-0.2, -0.15) is 0 Å². The maximum atomic E-state index is 11.7. The number of aryl methyl sites for hydroxylation is 1. The van der Waals surface area contributed by atoms with Crippen LogP contribution in [0.1, 0.15) is 30.4 Å². The minimum absolute atomic E-state index is 0.199. The first-order chi connectivity index (χ1) is 8.20. The normalized spacial score (nSPS) is 15.2. The summed E-state index contributed by atoms with van der Waals surface area (Å²) in [7, 11) is 1.67. The van der Waals surface area contributed by atoms with Crippen molar-refractivity contribution >= 4 is 5.91 Å². The van der Waals surface area contributed by atoms with E-state index in [4.69, 9.17) is 4.74 Å². The molecule has 92 valence electrons. The Morgan fingerprint density at radius 2 is 2.24 bits per heavy atom. The molecular formula is C14H19NO2. The summed E-state index contributed by atoms with van der Waals surface area (Å²) in [4.78, 5) is 11.7. The largest absolute Gasteiger partial charge is 0.496 e. The predicted molar refractivity (Wildman–Crippen MR) is 66.9 cm³/mol. The maximum absolute atomic E-state index is 11.7. The van der Waals surface area contributed by atoms with Gasteiger partial charge >= 0.3 is 0 Å². The zero-order chi connectivity index (χ0) is 12.3. The average Bonchev–Trinajstić information content (AvgIpc) is 2.24. The molecule has 1 fully saturated rings. The van der Waals surface area contributed by atoms with E-state index in [2.05, 4.69) is 11.4 Å². The summed E-state index contributed by atoms with van der Waals surface area (Å²) >= 11 is 0. The zero-order valence-electron chi connectivity index (χ0n) is 10.5. The topological polar surface area (TPSA) is 38.3 Å². The molecule has 1 aliphatic rings. The van der Waals surface area contributed by atoms with Crippen molar-refractivity contribution in [2.24, 2.45) is 5.92 Å². The van der Waals surface area contributed by atoms with Gasteiger partial charge in [0.2, 0.25) is 5.91 Å². The highest BCUT2D eigenvalue weighted by Crippen LogP contribution is 2.26. The Balaban J connectivity index is 1.90. The Morgan fingerprint density at radius 3 is 2.76 bits per heavy atom. The van der Waals surface area contributed by atoms with Crippen LogP contribution in [0, 0.1) is 12.8 Å². The molecule has 0 saturated heterocycles. The number of carbonyl (C=O) groups excluding carboxylic acids is 1. The van der Waals surface area contributed by atoms with Crippen LogP contribution >= 0.6 is 0 Å². The van der Waals surface area contributed by atoms with Crippen LogP contribution in [0.3, 0.4) is 0 Å². The zero-order valence-corrected chi connectivity index (χ0v) is 10.5. The third-order valence-electron chi connectivity index (χ3n) is 3.40. The second kappa shape index (κ2) is 5.21. The van der Waals surface area contributed by atoms with Crippen LogP contribution in [0.5, 0.6) is 5.75 Å². The van der Waals surface area contributed by atoms with Gasteiger partial charge in [-0.1, -0.05) is 18.6 Å². The number of amides is 1. The first-order valence-corrected chi connectivity index (χ1v) is 6.12. The first kappa shape index (κ1) is 12.0. The van der Waals surface area contributed by atoms with E-state index in [1.165, 1.54) is 6.42 Å². The molecule has 3 nitrogen and oxygen atoms in total. The number of nitrogens with one attached hydrogen (secondary N) is 1. The van der Waals surface area contributed by atoms with Crippen molar-refractivity contribution in [2.75, 3.05) is 7.11 Å². The Bertz CT molecular complexity index is 411. The van der Waals surface area contributed by atoms with Crippen LogP contribution in [0.15, 0.2) is 18.2 Å². The summed E-state index contributed by atoms with van der Waals surface area (Å²) in [6, 6.07) is 5.99. The Hall–Kier alpha value is -1.51. The lowest BCUT2D eigenvalue weighted by atomic mass is 9.85. The Morgan fingerprint density at radius 1 is 1.47 bits per heavy atom. The third-order valence-corrected chi connectivity index (χ3v) is 3.40. The van der Waals surface area contributed by atoms with Crippen molar-refractivity contribution in [3.63, 3.8) is 0 Å². The summed E-state index contributed by atoms with van der Waals surface area (Å²) in [6.45, 7) is 2.62. The molecule has 0 heterocycles. The van der Waals surface area contributed by atoms with Crippen LogP contribution in [0.25, 0.3) is 0 Å². The van der Waals surface area contributed by atoms with Gasteiger partial charge in [-0.05, 0) is 37.0 Å². The lowest BCUT2D eigenvalue weighted by molar-refractivity contribution is -0.127. The van der Waals surface area contributed by atoms with E-state index >= 15 is 0 Å². The standard InChI is InChI=1S/C14H19NO2/c1-10-8-11(6-7-13(10)17-2)9-15-14(16)12-4-3-5-12/h6-8,12H,3-5,9H2,1-2H3,(H,15,16). The second-order valence-electron chi connectivity index (χ2n) is 4.65. The quantitative estimate of drug-likeness (QED) is 0.867. The van der Waals surface area contributed by atoms with Gasteiger partial charge < -0.3 is 10.1 Å². The summed E-state index contributed by atoms with van der Waals surface area (Å²) in [5, 5.41) is 2.99. The van der Waals surface area contributed by atoms with E-state index in [-0.39, 0.29) is 11.8 Å². The van der Waals surface area contributed by atoms with Crippen LogP contribution < -0.4 is 10.1 Å². The van der Waals surface area contributed by atoms with Crippen molar-refractivity contribution in [3.8, 4) is 5.75 Å². The molecule has 1 aliphatic carbocycles.